The molecule has 0 amide bonds. The quantitative estimate of drug-likeness (QED) is 0.694. The Morgan fingerprint density at radius 3 is 2.95 bits per heavy atom. The second-order valence-electron chi connectivity index (χ2n) is 4.83. The van der Waals surface area contributed by atoms with Crippen LogP contribution in [0.2, 0.25) is 5.28 Å². The Labute approximate surface area is 132 Å². The van der Waals surface area contributed by atoms with E-state index in [4.69, 9.17) is 16.3 Å². The summed E-state index contributed by atoms with van der Waals surface area (Å²) in [6.07, 6.45) is 3.58. The van der Waals surface area contributed by atoms with Crippen LogP contribution in [0.3, 0.4) is 0 Å². The topological polar surface area (TPSA) is 61.9 Å². The minimum absolute atomic E-state index is 0.376. The third kappa shape index (κ3) is 2.46. The van der Waals surface area contributed by atoms with Crippen LogP contribution in [0, 0.1) is 0 Å². The van der Waals surface area contributed by atoms with Gasteiger partial charge in [0.2, 0.25) is 5.28 Å². The van der Waals surface area contributed by atoms with Gasteiger partial charge < -0.3 is 13.9 Å². The summed E-state index contributed by atoms with van der Waals surface area (Å²) in [6, 6.07) is 5.19. The minimum atomic E-state index is -0.385. The molecule has 0 unspecified atom stereocenters. The summed E-state index contributed by atoms with van der Waals surface area (Å²) in [5.41, 5.74) is 3.01. The highest BCUT2D eigenvalue weighted by atomic mass is 35.5. The van der Waals surface area contributed by atoms with Gasteiger partial charge in [0, 0.05) is 12.7 Å². The number of aryl methyl sites for hydroxylation is 1. The summed E-state index contributed by atoms with van der Waals surface area (Å²) >= 11 is 6.25. The highest BCUT2D eigenvalue weighted by Crippen LogP contribution is 2.23. The molecule has 22 heavy (non-hydrogen) atoms. The Bertz CT molecular complexity index is 837. The summed E-state index contributed by atoms with van der Waals surface area (Å²) in [7, 11) is 1.36. The molecule has 0 saturated carbocycles. The zero-order chi connectivity index (χ0) is 15.7. The van der Waals surface area contributed by atoms with Gasteiger partial charge in [0.05, 0.1) is 42.3 Å². The highest BCUT2D eigenvalue weighted by molar-refractivity contribution is 6.29. The van der Waals surface area contributed by atoms with Crippen molar-refractivity contribution in [2.75, 3.05) is 7.11 Å². The van der Waals surface area contributed by atoms with E-state index in [1.54, 1.807) is 30.7 Å². The van der Waals surface area contributed by atoms with E-state index in [1.165, 1.54) is 7.11 Å². The average Bonchev–Trinajstić information content (AvgIpc) is 3.11. The van der Waals surface area contributed by atoms with Gasteiger partial charge in [0.15, 0.2) is 0 Å². The molecule has 7 heteroatoms. The number of benzene rings is 1. The summed E-state index contributed by atoms with van der Waals surface area (Å²) in [4.78, 5) is 20.2. The molecule has 3 rings (SSSR count). The molecule has 0 atom stereocenters. The van der Waals surface area contributed by atoms with Gasteiger partial charge in [-0.15, -0.1) is 0 Å². The summed E-state index contributed by atoms with van der Waals surface area (Å²) in [6.45, 7) is 3.41. The number of rotatable bonds is 4. The van der Waals surface area contributed by atoms with Crippen molar-refractivity contribution in [3.05, 3.63) is 47.3 Å². The first kappa shape index (κ1) is 14.6. The highest BCUT2D eigenvalue weighted by Gasteiger charge is 2.14. The van der Waals surface area contributed by atoms with Crippen molar-refractivity contribution in [1.29, 1.82) is 0 Å². The number of carbonyl (C=O) groups is 1. The van der Waals surface area contributed by atoms with Gasteiger partial charge >= 0.3 is 5.97 Å². The molecule has 0 bridgehead atoms. The zero-order valence-corrected chi connectivity index (χ0v) is 13.0. The van der Waals surface area contributed by atoms with Crippen LogP contribution >= 0.6 is 11.6 Å². The van der Waals surface area contributed by atoms with E-state index in [0.717, 1.165) is 23.3 Å². The van der Waals surface area contributed by atoms with Crippen molar-refractivity contribution in [3.8, 4) is 0 Å². The maximum atomic E-state index is 11.7. The number of hydrogen-bond donors (Lipinski definition) is 0. The largest absolute Gasteiger partial charge is 0.465 e. The average molecular weight is 319 g/mol. The lowest BCUT2D eigenvalue weighted by atomic mass is 10.2. The third-order valence-electron chi connectivity index (χ3n) is 3.58. The molecular formula is C15H15ClN4O2. The van der Waals surface area contributed by atoms with Crippen molar-refractivity contribution in [1.82, 2.24) is 19.1 Å². The van der Waals surface area contributed by atoms with Gasteiger partial charge in [-0.1, -0.05) is 0 Å². The molecule has 0 spiro atoms. The standard InChI is InChI=1S/C15H15ClN4O2/c1-3-19-9-17-7-11(19)8-20-13-6-10(14(21)22-2)4-5-12(13)18-15(20)16/h4-7,9H,3,8H2,1-2H3. The van der Waals surface area contributed by atoms with Crippen LogP contribution in [0.4, 0.5) is 0 Å². The SMILES string of the molecule is CCn1cncc1Cn1c(Cl)nc2ccc(C(=O)OC)cc21. The molecular weight excluding hydrogens is 304 g/mol. The Kier molecular flexibility index (Phi) is 3.85. The van der Waals surface area contributed by atoms with Crippen LogP contribution < -0.4 is 0 Å². The Balaban J connectivity index is 2.08. The number of esters is 1. The number of carbonyl (C=O) groups excluding carboxylic acids is 1. The van der Waals surface area contributed by atoms with Crippen LogP contribution in [-0.4, -0.2) is 32.2 Å². The number of hydrogen-bond acceptors (Lipinski definition) is 4. The molecule has 114 valence electrons. The second-order valence-corrected chi connectivity index (χ2v) is 5.17. The van der Waals surface area contributed by atoms with Gasteiger partial charge in [-0.05, 0) is 36.7 Å². The molecule has 2 aromatic heterocycles. The second kappa shape index (κ2) is 5.81. The minimum Gasteiger partial charge on any atom is -0.465 e. The zero-order valence-electron chi connectivity index (χ0n) is 12.3. The fourth-order valence-electron chi connectivity index (χ4n) is 2.42. The maximum Gasteiger partial charge on any atom is 0.337 e. The van der Waals surface area contributed by atoms with Crippen molar-refractivity contribution >= 4 is 28.6 Å². The molecule has 0 radical (unpaired) electrons. The lowest BCUT2D eigenvalue weighted by Crippen LogP contribution is -2.07. The molecule has 0 N–H and O–H groups in total. The predicted molar refractivity (Wildman–Crippen MR) is 83.1 cm³/mol. The molecule has 0 aliphatic heterocycles. The number of nitrogens with zero attached hydrogens (tertiary/aromatic N) is 4. The van der Waals surface area contributed by atoms with Gasteiger partial charge in [-0.3, -0.25) is 0 Å². The lowest BCUT2D eigenvalue weighted by Gasteiger charge is -2.08. The van der Waals surface area contributed by atoms with E-state index < -0.39 is 0 Å². The van der Waals surface area contributed by atoms with E-state index >= 15 is 0 Å². The van der Waals surface area contributed by atoms with E-state index in [9.17, 15) is 4.79 Å². The first-order valence-electron chi connectivity index (χ1n) is 6.87. The number of halogens is 1. The number of ether oxygens (including phenoxy) is 1. The number of fused-ring (bicyclic) bond motifs is 1. The Morgan fingerprint density at radius 1 is 1.41 bits per heavy atom. The number of methoxy groups -OCH3 is 1. The molecule has 3 aromatic rings. The Morgan fingerprint density at radius 2 is 2.23 bits per heavy atom. The molecule has 0 saturated heterocycles. The molecule has 1 aromatic carbocycles. The molecule has 0 aliphatic carbocycles. The predicted octanol–water partition coefficient (Wildman–Crippen LogP) is 2.74. The van der Waals surface area contributed by atoms with Crippen molar-refractivity contribution < 1.29 is 9.53 Å². The monoisotopic (exact) mass is 318 g/mol. The van der Waals surface area contributed by atoms with Gasteiger partial charge in [0.1, 0.15) is 0 Å². The van der Waals surface area contributed by atoms with Gasteiger partial charge in [0.25, 0.3) is 0 Å². The summed E-state index contributed by atoms with van der Waals surface area (Å²) < 4.78 is 8.65. The number of imidazole rings is 2. The smallest absolute Gasteiger partial charge is 0.337 e. The maximum absolute atomic E-state index is 11.7. The van der Waals surface area contributed by atoms with Crippen LogP contribution in [0.15, 0.2) is 30.7 Å². The molecule has 0 aliphatic rings. The fourth-order valence-corrected chi connectivity index (χ4v) is 2.66. The summed E-state index contributed by atoms with van der Waals surface area (Å²) in [5, 5.41) is 0.376. The first-order valence-corrected chi connectivity index (χ1v) is 7.25. The van der Waals surface area contributed by atoms with Crippen LogP contribution in [0.1, 0.15) is 23.0 Å². The molecule has 0 fully saturated rings. The van der Waals surface area contributed by atoms with E-state index in [0.29, 0.717) is 17.4 Å². The lowest BCUT2D eigenvalue weighted by molar-refractivity contribution is 0.0601. The van der Waals surface area contributed by atoms with Crippen LogP contribution in [0.25, 0.3) is 11.0 Å². The normalized spacial score (nSPS) is 11.0. The van der Waals surface area contributed by atoms with E-state index in [-0.39, 0.29) is 5.97 Å². The Hall–Kier alpha value is -2.34. The van der Waals surface area contributed by atoms with Crippen molar-refractivity contribution in [3.63, 3.8) is 0 Å². The van der Waals surface area contributed by atoms with Crippen LogP contribution in [0.5, 0.6) is 0 Å². The van der Waals surface area contributed by atoms with Crippen molar-refractivity contribution in [2.24, 2.45) is 0 Å². The van der Waals surface area contributed by atoms with Crippen LogP contribution in [-0.2, 0) is 17.8 Å². The van der Waals surface area contributed by atoms with Gasteiger partial charge in [-0.2, -0.15) is 0 Å². The van der Waals surface area contributed by atoms with E-state index in [1.807, 2.05) is 16.1 Å². The molecule has 2 heterocycles. The van der Waals surface area contributed by atoms with E-state index in [2.05, 4.69) is 9.97 Å². The fraction of sp³-hybridized carbons (Fsp3) is 0.267. The summed E-state index contributed by atoms with van der Waals surface area (Å²) in [5.74, 6) is -0.385. The molecule has 6 nitrogen and oxygen atoms in total. The van der Waals surface area contributed by atoms with Gasteiger partial charge in [-0.25, -0.2) is 14.8 Å². The first-order chi connectivity index (χ1) is 10.6. The third-order valence-corrected chi connectivity index (χ3v) is 3.87. The van der Waals surface area contributed by atoms with Crippen molar-refractivity contribution in [2.45, 2.75) is 20.0 Å². The number of aromatic nitrogens is 4.